The van der Waals surface area contributed by atoms with Gasteiger partial charge in [-0.25, -0.2) is 0 Å². The van der Waals surface area contributed by atoms with Crippen LogP contribution in [0.15, 0.2) is 30.3 Å². The lowest BCUT2D eigenvalue weighted by molar-refractivity contribution is -0.192. The third-order valence-electron chi connectivity index (χ3n) is 4.19. The molecule has 0 unspecified atom stereocenters. The minimum atomic E-state index is -0.253. The summed E-state index contributed by atoms with van der Waals surface area (Å²) in [5.41, 5.74) is 1.34. The summed E-state index contributed by atoms with van der Waals surface area (Å²) in [5, 5.41) is 0. The molecule has 1 aromatic rings. The first-order chi connectivity index (χ1) is 8.77. The summed E-state index contributed by atoms with van der Waals surface area (Å²) >= 11 is 0. The highest BCUT2D eigenvalue weighted by Gasteiger charge is 2.45. The van der Waals surface area contributed by atoms with Crippen LogP contribution in [0.1, 0.15) is 44.6 Å². The summed E-state index contributed by atoms with van der Waals surface area (Å²) < 4.78 is 12.4. The molecular formula is C16H22O2. The molecule has 2 nitrogen and oxygen atoms in total. The second-order valence-electron chi connectivity index (χ2n) is 5.64. The summed E-state index contributed by atoms with van der Waals surface area (Å²) in [7, 11) is 0. The van der Waals surface area contributed by atoms with Crippen molar-refractivity contribution in [1.82, 2.24) is 0 Å². The van der Waals surface area contributed by atoms with Crippen LogP contribution in [0, 0.1) is 0 Å². The van der Waals surface area contributed by atoms with Crippen molar-refractivity contribution in [3.05, 3.63) is 35.9 Å². The Kier molecular flexibility index (Phi) is 3.40. The zero-order valence-corrected chi connectivity index (χ0v) is 11.1. The molecule has 1 saturated carbocycles. The molecule has 2 fully saturated rings. The number of ether oxygens (including phenoxy) is 2. The molecule has 1 aliphatic heterocycles. The second-order valence-corrected chi connectivity index (χ2v) is 5.64. The SMILES string of the molecule is C[C@@H]1OC2(CCCCC2)O[C@H]1Cc1ccccc1. The average molecular weight is 246 g/mol. The maximum atomic E-state index is 6.28. The number of rotatable bonds is 2. The van der Waals surface area contributed by atoms with Crippen molar-refractivity contribution in [2.24, 2.45) is 0 Å². The molecule has 0 radical (unpaired) electrons. The predicted octanol–water partition coefficient (Wildman–Crippen LogP) is 3.69. The van der Waals surface area contributed by atoms with Gasteiger partial charge in [0.25, 0.3) is 0 Å². The lowest BCUT2D eigenvalue weighted by atomic mass is 9.94. The van der Waals surface area contributed by atoms with Crippen LogP contribution in [0.4, 0.5) is 0 Å². The molecule has 2 heteroatoms. The van der Waals surface area contributed by atoms with E-state index in [1.54, 1.807) is 0 Å². The van der Waals surface area contributed by atoms with Crippen molar-refractivity contribution in [2.75, 3.05) is 0 Å². The monoisotopic (exact) mass is 246 g/mol. The van der Waals surface area contributed by atoms with E-state index in [1.807, 2.05) is 0 Å². The van der Waals surface area contributed by atoms with Gasteiger partial charge in [-0.05, 0) is 25.3 Å². The van der Waals surface area contributed by atoms with Crippen molar-refractivity contribution in [3.8, 4) is 0 Å². The molecular weight excluding hydrogens is 224 g/mol. The van der Waals surface area contributed by atoms with Crippen LogP contribution in [0.25, 0.3) is 0 Å². The van der Waals surface area contributed by atoms with Gasteiger partial charge in [0, 0.05) is 19.3 Å². The Morgan fingerprint density at radius 3 is 2.50 bits per heavy atom. The van der Waals surface area contributed by atoms with E-state index in [2.05, 4.69) is 37.3 Å². The van der Waals surface area contributed by atoms with Crippen molar-refractivity contribution in [2.45, 2.75) is 63.4 Å². The van der Waals surface area contributed by atoms with Gasteiger partial charge in [0.05, 0.1) is 12.2 Å². The Morgan fingerprint density at radius 2 is 1.78 bits per heavy atom. The molecule has 1 saturated heterocycles. The fourth-order valence-electron chi connectivity index (χ4n) is 3.19. The molecule has 1 aliphatic carbocycles. The van der Waals surface area contributed by atoms with Gasteiger partial charge in [0.15, 0.2) is 5.79 Å². The Balaban J connectivity index is 1.67. The molecule has 2 aliphatic rings. The van der Waals surface area contributed by atoms with E-state index in [4.69, 9.17) is 9.47 Å². The fourth-order valence-corrected chi connectivity index (χ4v) is 3.19. The second kappa shape index (κ2) is 5.02. The maximum absolute atomic E-state index is 6.28. The highest BCUT2D eigenvalue weighted by molar-refractivity contribution is 5.16. The predicted molar refractivity (Wildman–Crippen MR) is 71.4 cm³/mol. The molecule has 3 rings (SSSR count). The Morgan fingerprint density at radius 1 is 1.06 bits per heavy atom. The van der Waals surface area contributed by atoms with Gasteiger partial charge < -0.3 is 9.47 Å². The first-order valence-corrected chi connectivity index (χ1v) is 7.17. The zero-order chi connectivity index (χ0) is 12.4. The highest BCUT2D eigenvalue weighted by Crippen LogP contribution is 2.41. The quantitative estimate of drug-likeness (QED) is 0.792. The van der Waals surface area contributed by atoms with Gasteiger partial charge in [-0.3, -0.25) is 0 Å². The first-order valence-electron chi connectivity index (χ1n) is 7.17. The van der Waals surface area contributed by atoms with E-state index in [0.717, 1.165) is 19.3 Å². The summed E-state index contributed by atoms with van der Waals surface area (Å²) in [6.07, 6.45) is 7.34. The molecule has 1 heterocycles. The third kappa shape index (κ3) is 2.45. The molecule has 2 atom stereocenters. The molecule has 1 aromatic carbocycles. The molecule has 0 bridgehead atoms. The van der Waals surface area contributed by atoms with Crippen molar-refractivity contribution in [3.63, 3.8) is 0 Å². The Hall–Kier alpha value is -0.860. The van der Waals surface area contributed by atoms with E-state index in [9.17, 15) is 0 Å². The van der Waals surface area contributed by atoms with E-state index in [1.165, 1.54) is 24.8 Å². The molecule has 1 spiro atoms. The smallest absolute Gasteiger partial charge is 0.169 e. The summed E-state index contributed by atoms with van der Waals surface area (Å²) in [6, 6.07) is 10.6. The van der Waals surface area contributed by atoms with E-state index in [-0.39, 0.29) is 18.0 Å². The van der Waals surface area contributed by atoms with Crippen LogP contribution in [0.3, 0.4) is 0 Å². The number of hydrogen-bond donors (Lipinski definition) is 0. The van der Waals surface area contributed by atoms with E-state index >= 15 is 0 Å². The summed E-state index contributed by atoms with van der Waals surface area (Å²) in [6.45, 7) is 2.15. The lowest BCUT2D eigenvalue weighted by Gasteiger charge is -2.31. The molecule has 98 valence electrons. The van der Waals surface area contributed by atoms with Crippen LogP contribution >= 0.6 is 0 Å². The largest absolute Gasteiger partial charge is 0.344 e. The minimum absolute atomic E-state index is 0.211. The lowest BCUT2D eigenvalue weighted by Crippen LogP contribution is -2.33. The van der Waals surface area contributed by atoms with Gasteiger partial charge >= 0.3 is 0 Å². The third-order valence-corrected chi connectivity index (χ3v) is 4.19. The Labute approximate surface area is 109 Å². The van der Waals surface area contributed by atoms with Crippen molar-refractivity contribution >= 4 is 0 Å². The van der Waals surface area contributed by atoms with Crippen LogP contribution < -0.4 is 0 Å². The van der Waals surface area contributed by atoms with Gasteiger partial charge in [-0.15, -0.1) is 0 Å². The highest BCUT2D eigenvalue weighted by atomic mass is 16.8. The fraction of sp³-hybridized carbons (Fsp3) is 0.625. The van der Waals surface area contributed by atoms with Crippen molar-refractivity contribution in [1.29, 1.82) is 0 Å². The standard InChI is InChI=1S/C16H22O2/c1-13-15(12-14-8-4-2-5-9-14)18-16(17-13)10-6-3-7-11-16/h2,4-5,8-9,13,15H,3,6-7,10-12H2,1H3/t13-,15-/m0/s1. The van der Waals surface area contributed by atoms with Crippen LogP contribution in [0.2, 0.25) is 0 Å². The van der Waals surface area contributed by atoms with Crippen LogP contribution in [0.5, 0.6) is 0 Å². The zero-order valence-electron chi connectivity index (χ0n) is 11.1. The number of benzene rings is 1. The van der Waals surface area contributed by atoms with E-state index < -0.39 is 0 Å². The van der Waals surface area contributed by atoms with Gasteiger partial charge in [-0.1, -0.05) is 36.8 Å². The van der Waals surface area contributed by atoms with Crippen LogP contribution in [-0.4, -0.2) is 18.0 Å². The Bertz CT molecular complexity index is 381. The molecule has 0 amide bonds. The number of hydrogen-bond acceptors (Lipinski definition) is 2. The maximum Gasteiger partial charge on any atom is 0.169 e. The van der Waals surface area contributed by atoms with Crippen LogP contribution in [-0.2, 0) is 15.9 Å². The molecule has 0 aromatic heterocycles. The first kappa shape index (κ1) is 12.2. The van der Waals surface area contributed by atoms with Gasteiger partial charge in [-0.2, -0.15) is 0 Å². The van der Waals surface area contributed by atoms with Gasteiger partial charge in [0.2, 0.25) is 0 Å². The van der Waals surface area contributed by atoms with Crippen molar-refractivity contribution < 1.29 is 9.47 Å². The summed E-state index contributed by atoms with van der Waals surface area (Å²) in [5.74, 6) is -0.253. The van der Waals surface area contributed by atoms with E-state index in [0.29, 0.717) is 0 Å². The van der Waals surface area contributed by atoms with Gasteiger partial charge in [0.1, 0.15) is 0 Å². The molecule has 0 N–H and O–H groups in total. The topological polar surface area (TPSA) is 18.5 Å². The minimum Gasteiger partial charge on any atom is -0.344 e. The molecule has 18 heavy (non-hydrogen) atoms. The summed E-state index contributed by atoms with van der Waals surface area (Å²) in [4.78, 5) is 0. The average Bonchev–Trinajstić information content (AvgIpc) is 2.68. The normalized spacial score (nSPS) is 30.7.